The summed E-state index contributed by atoms with van der Waals surface area (Å²) < 4.78 is 5.48. The zero-order valence-electron chi connectivity index (χ0n) is 18.5. The van der Waals surface area contributed by atoms with Crippen molar-refractivity contribution >= 4 is 40.4 Å². The van der Waals surface area contributed by atoms with Crippen LogP contribution in [0.3, 0.4) is 0 Å². The highest BCUT2D eigenvalue weighted by Crippen LogP contribution is 2.27. The minimum Gasteiger partial charge on any atom is -0.381 e. The maximum atomic E-state index is 12.7. The van der Waals surface area contributed by atoms with Crippen LogP contribution < -0.4 is 5.32 Å². The molecule has 172 valence electrons. The number of nitrogens with one attached hydrogen (secondary N) is 1. The van der Waals surface area contributed by atoms with Gasteiger partial charge < -0.3 is 15.0 Å². The fourth-order valence-corrected chi connectivity index (χ4v) is 5.15. The van der Waals surface area contributed by atoms with Crippen LogP contribution >= 0.6 is 22.9 Å². The van der Waals surface area contributed by atoms with Crippen molar-refractivity contribution in [3.63, 3.8) is 0 Å². The van der Waals surface area contributed by atoms with Crippen molar-refractivity contribution in [3.05, 3.63) is 44.4 Å². The summed E-state index contributed by atoms with van der Waals surface area (Å²) in [6, 6.07) is 3.75. The molecule has 0 saturated carbocycles. The molecule has 1 aromatic carbocycles. The van der Waals surface area contributed by atoms with Gasteiger partial charge in [0.1, 0.15) is 4.88 Å². The van der Waals surface area contributed by atoms with Crippen molar-refractivity contribution in [2.24, 2.45) is 5.92 Å². The number of nitrogens with zero attached hydrogens (tertiary/aromatic N) is 3. The highest BCUT2D eigenvalue weighted by molar-refractivity contribution is 7.13. The van der Waals surface area contributed by atoms with Gasteiger partial charge in [0, 0.05) is 50.0 Å². The predicted octanol–water partition coefficient (Wildman–Crippen LogP) is 3.74. The molecule has 0 unspecified atom stereocenters. The number of carbonyl (C=O) groups excluding carboxylic acids is 2. The number of aryl methyl sites for hydroxylation is 1. The zero-order valence-corrected chi connectivity index (χ0v) is 20.1. The van der Waals surface area contributed by atoms with Gasteiger partial charge in [-0.3, -0.25) is 14.5 Å². The third kappa shape index (κ3) is 5.49. The second kappa shape index (κ2) is 10.3. The van der Waals surface area contributed by atoms with E-state index in [1.54, 1.807) is 12.3 Å². The maximum Gasteiger partial charge on any atom is 0.267 e. The minimum absolute atomic E-state index is 0.0129. The van der Waals surface area contributed by atoms with Gasteiger partial charge in [0.2, 0.25) is 5.91 Å². The molecule has 4 rings (SSSR count). The van der Waals surface area contributed by atoms with Crippen LogP contribution in [0.4, 0.5) is 5.69 Å². The Morgan fingerprint density at radius 3 is 2.69 bits per heavy atom. The maximum absolute atomic E-state index is 12.7. The van der Waals surface area contributed by atoms with Crippen LogP contribution in [0.15, 0.2) is 18.3 Å². The standard InChI is InChI=1S/C23H29ClN4O3S/c1-15-18(10-19(24)11-20(15)26-22(29)21-12-25-16(2)32-21)13-27-5-7-28(8-6-27)23(30)17-4-3-9-31-14-17/h10-12,17H,3-9,13-14H2,1-2H3,(H,26,29)/t17-/m1/s1. The first-order chi connectivity index (χ1) is 15.4. The molecule has 0 spiro atoms. The molecule has 1 aromatic heterocycles. The highest BCUT2D eigenvalue weighted by atomic mass is 35.5. The van der Waals surface area contributed by atoms with Crippen LogP contribution in [0.5, 0.6) is 0 Å². The molecule has 2 aliphatic heterocycles. The Balaban J connectivity index is 1.37. The smallest absolute Gasteiger partial charge is 0.267 e. The van der Waals surface area contributed by atoms with Crippen molar-refractivity contribution in [3.8, 4) is 0 Å². The quantitative estimate of drug-likeness (QED) is 0.711. The van der Waals surface area contributed by atoms with Gasteiger partial charge in [0.25, 0.3) is 5.91 Å². The van der Waals surface area contributed by atoms with Crippen molar-refractivity contribution in [1.29, 1.82) is 0 Å². The minimum atomic E-state index is -0.175. The first kappa shape index (κ1) is 23.2. The average Bonchev–Trinajstić information content (AvgIpc) is 3.24. The molecule has 2 fully saturated rings. The summed E-state index contributed by atoms with van der Waals surface area (Å²) in [5.74, 6) is 0.0660. The van der Waals surface area contributed by atoms with Gasteiger partial charge in [-0.2, -0.15) is 0 Å². The molecule has 2 saturated heterocycles. The molecular weight excluding hydrogens is 448 g/mol. The van der Waals surface area contributed by atoms with Crippen LogP contribution in [0.25, 0.3) is 0 Å². The van der Waals surface area contributed by atoms with E-state index < -0.39 is 0 Å². The van der Waals surface area contributed by atoms with E-state index in [9.17, 15) is 9.59 Å². The third-order valence-electron chi connectivity index (χ3n) is 6.16. The molecule has 9 heteroatoms. The lowest BCUT2D eigenvalue weighted by Crippen LogP contribution is -2.50. The van der Waals surface area contributed by atoms with E-state index in [0.717, 1.165) is 74.0 Å². The second-order valence-corrected chi connectivity index (χ2v) is 10.1. The second-order valence-electron chi connectivity index (χ2n) is 8.45. The zero-order chi connectivity index (χ0) is 22.7. The third-order valence-corrected chi connectivity index (χ3v) is 7.29. The van der Waals surface area contributed by atoms with E-state index in [2.05, 4.69) is 15.2 Å². The summed E-state index contributed by atoms with van der Waals surface area (Å²) in [6.07, 6.45) is 3.48. The number of carbonyl (C=O) groups is 2. The lowest BCUT2D eigenvalue weighted by atomic mass is 10.00. The Morgan fingerprint density at radius 1 is 1.25 bits per heavy atom. The summed E-state index contributed by atoms with van der Waals surface area (Å²) in [6.45, 7) is 9.00. The lowest BCUT2D eigenvalue weighted by molar-refractivity contribution is -0.141. The molecule has 0 bridgehead atoms. The van der Waals surface area contributed by atoms with Crippen LogP contribution in [-0.4, -0.2) is 66.0 Å². The topological polar surface area (TPSA) is 74.8 Å². The molecule has 2 aromatic rings. The van der Waals surface area contributed by atoms with Gasteiger partial charge in [0.15, 0.2) is 0 Å². The fraction of sp³-hybridized carbons (Fsp3) is 0.522. The van der Waals surface area contributed by atoms with Crippen LogP contribution in [-0.2, 0) is 16.1 Å². The number of hydrogen-bond acceptors (Lipinski definition) is 6. The molecule has 2 amide bonds. The number of hydrogen-bond donors (Lipinski definition) is 1. The van der Waals surface area contributed by atoms with E-state index in [1.807, 2.05) is 24.8 Å². The average molecular weight is 477 g/mol. The summed E-state index contributed by atoms with van der Waals surface area (Å²) >= 11 is 7.75. The SMILES string of the molecule is Cc1ncc(C(=O)Nc2cc(Cl)cc(CN3CCN(C(=O)[C@@H]4CCCOC4)CC3)c2C)s1. The van der Waals surface area contributed by atoms with Crippen molar-refractivity contribution in [1.82, 2.24) is 14.8 Å². The first-order valence-electron chi connectivity index (χ1n) is 11.0. The molecular formula is C23H29ClN4O3S. The Kier molecular flexibility index (Phi) is 7.45. The van der Waals surface area contributed by atoms with E-state index in [-0.39, 0.29) is 17.7 Å². The van der Waals surface area contributed by atoms with Crippen LogP contribution in [0.1, 0.15) is 38.6 Å². The number of amides is 2. The van der Waals surface area contributed by atoms with E-state index in [1.165, 1.54) is 11.3 Å². The normalized spacial score (nSPS) is 19.7. The number of rotatable bonds is 5. The van der Waals surface area contributed by atoms with Crippen LogP contribution in [0, 0.1) is 19.8 Å². The Bertz CT molecular complexity index is 982. The molecule has 1 N–H and O–H groups in total. The largest absolute Gasteiger partial charge is 0.381 e. The van der Waals surface area contributed by atoms with Gasteiger partial charge in [-0.15, -0.1) is 11.3 Å². The Morgan fingerprint density at radius 2 is 2.03 bits per heavy atom. The monoisotopic (exact) mass is 476 g/mol. The van der Waals surface area contributed by atoms with Gasteiger partial charge in [-0.25, -0.2) is 4.98 Å². The number of ether oxygens (including phenoxy) is 1. The number of aromatic nitrogens is 1. The summed E-state index contributed by atoms with van der Waals surface area (Å²) in [7, 11) is 0. The molecule has 2 aliphatic rings. The number of piperazine rings is 1. The number of benzene rings is 1. The van der Waals surface area contributed by atoms with Crippen molar-refractivity contribution < 1.29 is 14.3 Å². The van der Waals surface area contributed by atoms with Gasteiger partial charge in [-0.1, -0.05) is 11.6 Å². The van der Waals surface area contributed by atoms with E-state index in [4.69, 9.17) is 16.3 Å². The van der Waals surface area contributed by atoms with Gasteiger partial charge in [-0.05, 0) is 49.9 Å². The summed E-state index contributed by atoms with van der Waals surface area (Å²) in [5, 5.41) is 4.42. The molecule has 0 aliphatic carbocycles. The Labute approximate surface area is 197 Å². The molecule has 7 nitrogen and oxygen atoms in total. The molecule has 32 heavy (non-hydrogen) atoms. The lowest BCUT2D eigenvalue weighted by Gasteiger charge is -2.37. The first-order valence-corrected chi connectivity index (χ1v) is 12.2. The summed E-state index contributed by atoms with van der Waals surface area (Å²) in [5.41, 5.74) is 2.80. The molecule has 1 atom stereocenters. The van der Waals surface area contributed by atoms with Gasteiger partial charge >= 0.3 is 0 Å². The highest BCUT2D eigenvalue weighted by Gasteiger charge is 2.29. The molecule has 0 radical (unpaired) electrons. The van der Waals surface area contributed by atoms with E-state index in [0.29, 0.717) is 16.5 Å². The predicted molar refractivity (Wildman–Crippen MR) is 126 cm³/mol. The fourth-order valence-electron chi connectivity index (χ4n) is 4.24. The number of thiazole rings is 1. The van der Waals surface area contributed by atoms with Crippen molar-refractivity contribution in [2.45, 2.75) is 33.2 Å². The van der Waals surface area contributed by atoms with Crippen molar-refractivity contribution in [2.75, 3.05) is 44.7 Å². The molecule has 3 heterocycles. The van der Waals surface area contributed by atoms with Crippen LogP contribution in [0.2, 0.25) is 5.02 Å². The summed E-state index contributed by atoms with van der Waals surface area (Å²) in [4.78, 5) is 34.4. The number of halogens is 1. The number of anilines is 1. The van der Waals surface area contributed by atoms with E-state index >= 15 is 0 Å². The van der Waals surface area contributed by atoms with Gasteiger partial charge in [0.05, 0.1) is 23.7 Å². The Hall–Kier alpha value is -2.00.